The van der Waals surface area contributed by atoms with Crippen molar-refractivity contribution in [2.24, 2.45) is 0 Å². The van der Waals surface area contributed by atoms with Crippen molar-refractivity contribution < 1.29 is 9.18 Å². The van der Waals surface area contributed by atoms with Crippen LogP contribution in [0.5, 0.6) is 0 Å². The Labute approximate surface area is 147 Å². The molecule has 3 rings (SSSR count). The first-order chi connectivity index (χ1) is 12.0. The van der Waals surface area contributed by atoms with E-state index in [0.717, 1.165) is 37.4 Å². The largest absolute Gasteiger partial charge is 0.371 e. The van der Waals surface area contributed by atoms with Crippen LogP contribution < -0.4 is 15.1 Å². The van der Waals surface area contributed by atoms with Gasteiger partial charge >= 0.3 is 0 Å². The number of pyridine rings is 1. The topological polar surface area (TPSA) is 48.5 Å². The Balaban J connectivity index is 1.57. The highest BCUT2D eigenvalue weighted by Crippen LogP contribution is 2.21. The van der Waals surface area contributed by atoms with Crippen LogP contribution in [0.3, 0.4) is 0 Å². The van der Waals surface area contributed by atoms with E-state index in [9.17, 15) is 9.18 Å². The Morgan fingerprint density at radius 2 is 2.00 bits per heavy atom. The highest BCUT2D eigenvalue weighted by molar-refractivity contribution is 5.95. The van der Waals surface area contributed by atoms with Gasteiger partial charge in [-0.15, -0.1) is 0 Å². The van der Waals surface area contributed by atoms with Gasteiger partial charge in [-0.2, -0.15) is 0 Å². The summed E-state index contributed by atoms with van der Waals surface area (Å²) in [6, 6.07) is 10.3. The Kier molecular flexibility index (Phi) is 5.16. The first-order valence-electron chi connectivity index (χ1n) is 8.47. The van der Waals surface area contributed by atoms with Gasteiger partial charge in [0.2, 0.25) is 0 Å². The molecule has 1 saturated heterocycles. The van der Waals surface area contributed by atoms with Gasteiger partial charge in [0.15, 0.2) is 0 Å². The zero-order valence-electron chi connectivity index (χ0n) is 14.6. The maximum Gasteiger partial charge on any atom is 0.251 e. The molecular formula is C19H23FN4O. The second-order valence-electron chi connectivity index (χ2n) is 6.51. The summed E-state index contributed by atoms with van der Waals surface area (Å²) in [4.78, 5) is 20.7. The molecule has 0 saturated carbocycles. The molecule has 6 heteroatoms. The summed E-state index contributed by atoms with van der Waals surface area (Å²) in [6.07, 6.45) is 3.33. The van der Waals surface area contributed by atoms with Gasteiger partial charge < -0.3 is 15.1 Å². The number of benzene rings is 1. The third-order valence-corrected chi connectivity index (χ3v) is 4.47. The van der Waals surface area contributed by atoms with E-state index in [0.29, 0.717) is 5.56 Å². The average molecular weight is 342 g/mol. The second-order valence-corrected chi connectivity index (χ2v) is 6.51. The maximum absolute atomic E-state index is 13.4. The van der Waals surface area contributed by atoms with E-state index in [-0.39, 0.29) is 17.8 Å². The van der Waals surface area contributed by atoms with Gasteiger partial charge in [0.25, 0.3) is 5.91 Å². The van der Waals surface area contributed by atoms with Gasteiger partial charge in [-0.1, -0.05) is 6.07 Å². The van der Waals surface area contributed by atoms with Crippen LogP contribution in [0.4, 0.5) is 15.9 Å². The van der Waals surface area contributed by atoms with E-state index in [1.54, 1.807) is 30.5 Å². The van der Waals surface area contributed by atoms with E-state index in [1.165, 1.54) is 6.07 Å². The zero-order valence-corrected chi connectivity index (χ0v) is 14.6. The molecule has 0 bridgehead atoms. The summed E-state index contributed by atoms with van der Waals surface area (Å²) in [5, 5.41) is 3.10. The fraction of sp³-hybridized carbons (Fsp3) is 0.368. The molecule has 0 unspecified atom stereocenters. The monoisotopic (exact) mass is 342 g/mol. The van der Waals surface area contributed by atoms with Crippen LogP contribution in [0.1, 0.15) is 23.2 Å². The van der Waals surface area contributed by atoms with Crippen molar-refractivity contribution in [3.05, 3.63) is 54.0 Å². The van der Waals surface area contributed by atoms with Gasteiger partial charge in [0, 0.05) is 50.7 Å². The van der Waals surface area contributed by atoms with Gasteiger partial charge in [-0.3, -0.25) is 4.79 Å². The third kappa shape index (κ3) is 4.26. The molecule has 1 amide bonds. The molecular weight excluding hydrogens is 319 g/mol. The fourth-order valence-corrected chi connectivity index (χ4v) is 3.03. The smallest absolute Gasteiger partial charge is 0.251 e. The molecule has 1 N–H and O–H groups in total. The van der Waals surface area contributed by atoms with Crippen molar-refractivity contribution in [3.63, 3.8) is 0 Å². The predicted molar refractivity (Wildman–Crippen MR) is 97.7 cm³/mol. The second kappa shape index (κ2) is 7.51. The first kappa shape index (κ1) is 17.2. The standard InChI is InChI=1S/C19H23FN4O/c1-23(2)18-12-14(6-9-21-18)19(25)22-16-7-10-24(11-8-16)17-5-3-4-15(20)13-17/h3-6,9,12-13,16H,7-8,10-11H2,1-2H3,(H,22,25). The van der Waals surface area contributed by atoms with Crippen LogP contribution in [-0.2, 0) is 0 Å². The number of carbonyl (C=O) groups is 1. The van der Waals surface area contributed by atoms with Crippen molar-refractivity contribution >= 4 is 17.4 Å². The summed E-state index contributed by atoms with van der Waals surface area (Å²) in [6.45, 7) is 1.60. The Morgan fingerprint density at radius 3 is 2.68 bits per heavy atom. The lowest BCUT2D eigenvalue weighted by molar-refractivity contribution is 0.0931. The van der Waals surface area contributed by atoms with Crippen LogP contribution >= 0.6 is 0 Å². The highest BCUT2D eigenvalue weighted by atomic mass is 19.1. The maximum atomic E-state index is 13.4. The molecule has 132 valence electrons. The van der Waals surface area contributed by atoms with E-state index in [2.05, 4.69) is 15.2 Å². The number of carbonyl (C=O) groups excluding carboxylic acids is 1. The zero-order chi connectivity index (χ0) is 17.8. The lowest BCUT2D eigenvalue weighted by Crippen LogP contribution is -2.44. The molecule has 1 aromatic heterocycles. The summed E-state index contributed by atoms with van der Waals surface area (Å²) >= 11 is 0. The van der Waals surface area contributed by atoms with E-state index in [1.807, 2.05) is 25.1 Å². The quantitative estimate of drug-likeness (QED) is 0.928. The summed E-state index contributed by atoms with van der Waals surface area (Å²) < 4.78 is 13.4. The lowest BCUT2D eigenvalue weighted by Gasteiger charge is -2.34. The van der Waals surface area contributed by atoms with E-state index in [4.69, 9.17) is 0 Å². The Morgan fingerprint density at radius 1 is 1.24 bits per heavy atom. The van der Waals surface area contributed by atoms with Crippen LogP contribution in [-0.4, -0.2) is 44.1 Å². The molecule has 1 aliphatic rings. The van der Waals surface area contributed by atoms with Gasteiger partial charge in [-0.05, 0) is 43.2 Å². The molecule has 1 aromatic carbocycles. The summed E-state index contributed by atoms with van der Waals surface area (Å²) in [5.41, 5.74) is 1.51. The van der Waals surface area contributed by atoms with Gasteiger partial charge in [-0.25, -0.2) is 9.37 Å². The predicted octanol–water partition coefficient (Wildman–Crippen LogP) is 2.69. The molecule has 0 spiro atoms. The number of nitrogens with one attached hydrogen (secondary N) is 1. The number of halogens is 1. The van der Waals surface area contributed by atoms with Crippen LogP contribution in [0.25, 0.3) is 0 Å². The molecule has 25 heavy (non-hydrogen) atoms. The minimum atomic E-state index is -0.220. The number of rotatable bonds is 4. The van der Waals surface area contributed by atoms with Crippen molar-refractivity contribution in [2.45, 2.75) is 18.9 Å². The Hall–Kier alpha value is -2.63. The van der Waals surface area contributed by atoms with Crippen molar-refractivity contribution in [2.75, 3.05) is 37.0 Å². The molecule has 1 aliphatic heterocycles. The third-order valence-electron chi connectivity index (χ3n) is 4.47. The summed E-state index contributed by atoms with van der Waals surface area (Å²) in [5.74, 6) is 0.464. The number of hydrogen-bond donors (Lipinski definition) is 1. The minimum Gasteiger partial charge on any atom is -0.371 e. The van der Waals surface area contributed by atoms with E-state index >= 15 is 0 Å². The molecule has 2 heterocycles. The number of aromatic nitrogens is 1. The van der Waals surface area contributed by atoms with Crippen LogP contribution in [0.15, 0.2) is 42.6 Å². The molecule has 5 nitrogen and oxygen atoms in total. The lowest BCUT2D eigenvalue weighted by atomic mass is 10.0. The minimum absolute atomic E-state index is 0.0743. The molecule has 2 aromatic rings. The molecule has 0 radical (unpaired) electrons. The van der Waals surface area contributed by atoms with Gasteiger partial charge in [0.1, 0.15) is 11.6 Å². The molecule has 0 aliphatic carbocycles. The number of anilines is 2. The normalized spacial score (nSPS) is 15.1. The van der Waals surface area contributed by atoms with Crippen molar-refractivity contribution in [1.29, 1.82) is 0 Å². The van der Waals surface area contributed by atoms with Crippen LogP contribution in [0, 0.1) is 5.82 Å². The van der Waals surface area contributed by atoms with Crippen molar-refractivity contribution in [3.8, 4) is 0 Å². The molecule has 1 fully saturated rings. The first-order valence-corrected chi connectivity index (χ1v) is 8.47. The Bertz CT molecular complexity index is 742. The van der Waals surface area contributed by atoms with Crippen LogP contribution in [0.2, 0.25) is 0 Å². The van der Waals surface area contributed by atoms with Crippen molar-refractivity contribution in [1.82, 2.24) is 10.3 Å². The fourth-order valence-electron chi connectivity index (χ4n) is 3.03. The number of piperidine rings is 1. The number of amides is 1. The average Bonchev–Trinajstić information content (AvgIpc) is 2.62. The number of hydrogen-bond acceptors (Lipinski definition) is 4. The van der Waals surface area contributed by atoms with E-state index < -0.39 is 0 Å². The SMILES string of the molecule is CN(C)c1cc(C(=O)NC2CCN(c3cccc(F)c3)CC2)ccn1. The highest BCUT2D eigenvalue weighted by Gasteiger charge is 2.21. The molecule has 0 atom stereocenters. The summed E-state index contributed by atoms with van der Waals surface area (Å²) in [7, 11) is 3.79. The van der Waals surface area contributed by atoms with Gasteiger partial charge in [0.05, 0.1) is 0 Å². The number of nitrogens with zero attached hydrogens (tertiary/aromatic N) is 3.